The summed E-state index contributed by atoms with van der Waals surface area (Å²) in [5.41, 5.74) is 2.27. The highest BCUT2D eigenvalue weighted by molar-refractivity contribution is 7.89. The Bertz CT molecular complexity index is 1640. The SMILES string of the molecule is CS(=O)(=O)NC(=O)Cc1cccc(OCCCN(Cc2cccc(C(F)(F)F)c2Cl)CC(c2ccccc2)c2ccccc2)c1.Cl. The van der Waals surface area contributed by atoms with Crippen molar-refractivity contribution in [1.29, 1.82) is 0 Å². The summed E-state index contributed by atoms with van der Waals surface area (Å²) in [7, 11) is -3.66. The Morgan fingerprint density at radius 1 is 0.913 bits per heavy atom. The van der Waals surface area contributed by atoms with E-state index in [0.717, 1.165) is 23.4 Å². The summed E-state index contributed by atoms with van der Waals surface area (Å²) >= 11 is 6.30. The lowest BCUT2D eigenvalue weighted by atomic mass is 9.90. The molecule has 0 aliphatic heterocycles. The van der Waals surface area contributed by atoms with E-state index in [-0.39, 0.29) is 36.3 Å². The van der Waals surface area contributed by atoms with Crippen LogP contribution in [0.5, 0.6) is 5.75 Å². The van der Waals surface area contributed by atoms with Crippen molar-refractivity contribution in [3.05, 3.63) is 136 Å². The molecule has 4 aromatic rings. The molecule has 0 spiro atoms. The Labute approximate surface area is 279 Å². The van der Waals surface area contributed by atoms with Gasteiger partial charge < -0.3 is 4.74 Å². The fourth-order valence-corrected chi connectivity index (χ4v) is 5.86. The predicted molar refractivity (Wildman–Crippen MR) is 177 cm³/mol. The Morgan fingerprint density at radius 2 is 1.52 bits per heavy atom. The molecule has 12 heteroatoms. The number of nitrogens with zero attached hydrogens (tertiary/aromatic N) is 1. The van der Waals surface area contributed by atoms with E-state index >= 15 is 0 Å². The molecule has 246 valence electrons. The van der Waals surface area contributed by atoms with Gasteiger partial charge in [0.2, 0.25) is 15.9 Å². The minimum atomic E-state index is -4.57. The summed E-state index contributed by atoms with van der Waals surface area (Å²) in [5, 5.41) is -0.307. The molecule has 46 heavy (non-hydrogen) atoms. The largest absolute Gasteiger partial charge is 0.494 e. The topological polar surface area (TPSA) is 75.7 Å². The summed E-state index contributed by atoms with van der Waals surface area (Å²) in [6.07, 6.45) is -3.24. The van der Waals surface area contributed by atoms with Gasteiger partial charge in [0, 0.05) is 25.6 Å². The molecule has 0 saturated carbocycles. The number of benzene rings is 4. The predicted octanol–water partition coefficient (Wildman–Crippen LogP) is 7.50. The monoisotopic (exact) mass is 694 g/mol. The molecule has 1 amide bonds. The van der Waals surface area contributed by atoms with Gasteiger partial charge >= 0.3 is 6.18 Å². The lowest BCUT2D eigenvalue weighted by Crippen LogP contribution is -2.31. The number of hydrogen-bond donors (Lipinski definition) is 1. The van der Waals surface area contributed by atoms with Gasteiger partial charge in [-0.05, 0) is 46.9 Å². The molecule has 6 nitrogen and oxygen atoms in total. The summed E-state index contributed by atoms with van der Waals surface area (Å²) in [4.78, 5) is 14.1. The number of carbonyl (C=O) groups excluding carboxylic acids is 1. The van der Waals surface area contributed by atoms with Gasteiger partial charge in [0.1, 0.15) is 5.75 Å². The molecular formula is C34H35Cl2F3N2O4S. The fraction of sp³-hybridized carbons (Fsp3) is 0.265. The van der Waals surface area contributed by atoms with E-state index in [1.807, 2.05) is 65.4 Å². The van der Waals surface area contributed by atoms with E-state index in [9.17, 15) is 26.4 Å². The zero-order valence-corrected chi connectivity index (χ0v) is 27.4. The van der Waals surface area contributed by atoms with E-state index in [0.29, 0.717) is 43.0 Å². The van der Waals surface area contributed by atoms with Crippen LogP contribution >= 0.6 is 24.0 Å². The number of amides is 1. The fourth-order valence-electron chi connectivity index (χ4n) is 5.08. The van der Waals surface area contributed by atoms with Gasteiger partial charge in [-0.1, -0.05) is 96.5 Å². The van der Waals surface area contributed by atoms with Crippen molar-refractivity contribution in [2.45, 2.75) is 31.5 Å². The lowest BCUT2D eigenvalue weighted by Gasteiger charge is -2.29. The van der Waals surface area contributed by atoms with Crippen LogP contribution in [0, 0.1) is 0 Å². The van der Waals surface area contributed by atoms with Crippen molar-refractivity contribution in [2.75, 3.05) is 26.0 Å². The summed E-state index contributed by atoms with van der Waals surface area (Å²) in [5.74, 6) is -0.184. The number of ether oxygens (including phenoxy) is 1. The molecule has 0 unspecified atom stereocenters. The number of alkyl halides is 3. The second-order valence-electron chi connectivity index (χ2n) is 10.7. The van der Waals surface area contributed by atoms with E-state index < -0.39 is 27.7 Å². The van der Waals surface area contributed by atoms with Crippen LogP contribution in [0.4, 0.5) is 13.2 Å². The first-order valence-electron chi connectivity index (χ1n) is 14.3. The second kappa shape index (κ2) is 16.8. The van der Waals surface area contributed by atoms with Gasteiger partial charge in [-0.3, -0.25) is 14.4 Å². The molecule has 0 heterocycles. The smallest absolute Gasteiger partial charge is 0.417 e. The lowest BCUT2D eigenvalue weighted by molar-refractivity contribution is -0.137. The maximum Gasteiger partial charge on any atom is 0.417 e. The van der Waals surface area contributed by atoms with Crippen LogP contribution in [-0.2, 0) is 34.0 Å². The van der Waals surface area contributed by atoms with Crippen molar-refractivity contribution >= 4 is 39.9 Å². The Balaban J connectivity index is 0.00000576. The molecule has 0 bridgehead atoms. The van der Waals surface area contributed by atoms with Gasteiger partial charge in [-0.25, -0.2) is 8.42 Å². The van der Waals surface area contributed by atoms with E-state index in [2.05, 4.69) is 4.90 Å². The van der Waals surface area contributed by atoms with Crippen molar-refractivity contribution in [3.8, 4) is 5.75 Å². The van der Waals surface area contributed by atoms with Crippen molar-refractivity contribution in [3.63, 3.8) is 0 Å². The van der Waals surface area contributed by atoms with E-state index in [4.69, 9.17) is 16.3 Å². The molecule has 4 rings (SSSR count). The van der Waals surface area contributed by atoms with Gasteiger partial charge in [0.05, 0.1) is 29.9 Å². The Morgan fingerprint density at radius 3 is 2.11 bits per heavy atom. The molecule has 0 aliphatic rings. The number of halogens is 5. The molecular weight excluding hydrogens is 660 g/mol. The molecule has 0 aromatic heterocycles. The first-order chi connectivity index (χ1) is 21.4. The summed E-state index contributed by atoms with van der Waals surface area (Å²) < 4.78 is 71.5. The van der Waals surface area contributed by atoms with Crippen LogP contribution in [-0.4, -0.2) is 45.2 Å². The highest BCUT2D eigenvalue weighted by atomic mass is 35.5. The molecule has 0 atom stereocenters. The van der Waals surface area contributed by atoms with Crippen LogP contribution < -0.4 is 9.46 Å². The maximum absolute atomic E-state index is 13.6. The van der Waals surface area contributed by atoms with Crippen LogP contribution in [0.3, 0.4) is 0 Å². The third-order valence-electron chi connectivity index (χ3n) is 7.07. The standard InChI is InChI=1S/C34H34ClF3N2O4S.ClH/c1-45(42,43)39-32(41)22-25-11-8-17-29(21-25)44-20-10-19-40(23-28-16-9-18-31(33(28)35)34(36,37)38)24-30(26-12-4-2-5-13-26)27-14-6-3-7-15-27;/h2-9,11-18,21,30H,10,19-20,22-24H2,1H3,(H,39,41);1H. The van der Waals surface area contributed by atoms with Crippen molar-refractivity contribution in [1.82, 2.24) is 9.62 Å². The maximum atomic E-state index is 13.6. The average Bonchev–Trinajstić information content (AvgIpc) is 2.98. The van der Waals surface area contributed by atoms with Crippen LogP contribution in [0.15, 0.2) is 103 Å². The van der Waals surface area contributed by atoms with Gasteiger partial charge in [0.15, 0.2) is 0 Å². The van der Waals surface area contributed by atoms with Crippen molar-refractivity contribution < 1.29 is 31.1 Å². The minimum absolute atomic E-state index is 0. The molecule has 0 saturated heterocycles. The number of sulfonamides is 1. The summed E-state index contributed by atoms with van der Waals surface area (Å²) in [6.45, 7) is 1.52. The third-order valence-corrected chi connectivity index (χ3v) is 8.12. The first-order valence-corrected chi connectivity index (χ1v) is 16.5. The minimum Gasteiger partial charge on any atom is -0.494 e. The summed E-state index contributed by atoms with van der Waals surface area (Å²) in [6, 6.07) is 30.7. The Kier molecular flexibility index (Phi) is 13.5. The van der Waals surface area contributed by atoms with Gasteiger partial charge in [-0.2, -0.15) is 13.2 Å². The second-order valence-corrected chi connectivity index (χ2v) is 12.8. The molecule has 4 aromatic carbocycles. The van der Waals surface area contributed by atoms with Gasteiger partial charge in [0.25, 0.3) is 0 Å². The number of carbonyl (C=O) groups is 1. The average molecular weight is 696 g/mol. The molecule has 0 aliphatic carbocycles. The van der Waals surface area contributed by atoms with E-state index in [1.165, 1.54) is 6.07 Å². The Hall–Kier alpha value is -3.57. The van der Waals surface area contributed by atoms with Crippen LogP contribution in [0.25, 0.3) is 0 Å². The number of nitrogens with one attached hydrogen (secondary N) is 1. The van der Waals surface area contributed by atoms with Crippen LogP contribution in [0.2, 0.25) is 5.02 Å². The molecule has 0 fully saturated rings. The highest BCUT2D eigenvalue weighted by Gasteiger charge is 2.34. The number of hydrogen-bond acceptors (Lipinski definition) is 5. The van der Waals surface area contributed by atoms with Crippen LogP contribution in [0.1, 0.15) is 40.2 Å². The van der Waals surface area contributed by atoms with Crippen molar-refractivity contribution in [2.24, 2.45) is 0 Å². The highest BCUT2D eigenvalue weighted by Crippen LogP contribution is 2.37. The van der Waals surface area contributed by atoms with E-state index in [1.54, 1.807) is 30.3 Å². The zero-order chi connectivity index (χ0) is 32.5. The zero-order valence-electron chi connectivity index (χ0n) is 25.0. The quantitative estimate of drug-likeness (QED) is 0.138. The number of rotatable bonds is 14. The third kappa shape index (κ3) is 11.3. The first kappa shape index (κ1) is 36.9. The molecule has 0 radical (unpaired) electrons. The normalized spacial score (nSPS) is 11.7. The van der Waals surface area contributed by atoms with Gasteiger partial charge in [-0.15, -0.1) is 12.4 Å². The molecule has 1 N–H and O–H groups in total.